The number of nitriles is 2. The molecule has 0 aliphatic rings. The van der Waals surface area contributed by atoms with E-state index in [1.165, 1.54) is 13.2 Å². The second kappa shape index (κ2) is 8.53. The summed E-state index contributed by atoms with van der Waals surface area (Å²) in [6, 6.07) is 9.90. The molecule has 0 fully saturated rings. The minimum Gasteiger partial charge on any atom is -0.496 e. The lowest BCUT2D eigenvalue weighted by molar-refractivity contribution is -0.137. The summed E-state index contributed by atoms with van der Waals surface area (Å²) < 4.78 is 58.4. The third-order valence-corrected chi connectivity index (χ3v) is 4.76. The van der Waals surface area contributed by atoms with Gasteiger partial charge >= 0.3 is 6.18 Å². The Morgan fingerprint density at radius 1 is 1.06 bits per heavy atom. The highest BCUT2D eigenvalue weighted by Gasteiger charge is 2.30. The Kier molecular flexibility index (Phi) is 6.01. The molecule has 0 amide bonds. The number of nitrogens with two attached hydrogens (primary N) is 1. The van der Waals surface area contributed by atoms with E-state index in [9.17, 15) is 33.2 Å². The molecule has 0 saturated heterocycles. The van der Waals surface area contributed by atoms with Crippen LogP contribution in [0.3, 0.4) is 0 Å². The Hall–Kier alpha value is -4.15. The molecule has 1 aromatic heterocycles. The van der Waals surface area contributed by atoms with E-state index < -0.39 is 24.2 Å². The van der Waals surface area contributed by atoms with Gasteiger partial charge in [-0.2, -0.15) is 23.7 Å². The molecular formula is C22H14F4N4O2. The summed E-state index contributed by atoms with van der Waals surface area (Å²) in [7, 11) is 1.26. The molecule has 1 heterocycles. The minimum absolute atomic E-state index is 0.00722. The quantitative estimate of drug-likeness (QED) is 0.579. The molecule has 6 nitrogen and oxygen atoms in total. The first-order chi connectivity index (χ1) is 15.2. The molecule has 32 heavy (non-hydrogen) atoms. The molecule has 0 aliphatic carbocycles. The summed E-state index contributed by atoms with van der Waals surface area (Å²) in [6.07, 6.45) is -4.57. The van der Waals surface area contributed by atoms with Crippen LogP contribution in [-0.4, -0.2) is 17.2 Å². The van der Waals surface area contributed by atoms with E-state index in [2.05, 4.69) is 4.98 Å². The predicted molar refractivity (Wildman–Crippen MR) is 106 cm³/mol. The molecule has 0 radical (unpaired) electrons. The van der Waals surface area contributed by atoms with Crippen molar-refractivity contribution < 1.29 is 27.4 Å². The first-order valence-corrected chi connectivity index (χ1v) is 8.95. The number of ether oxygens (including phenoxy) is 1. The van der Waals surface area contributed by atoms with Crippen molar-refractivity contribution in [2.24, 2.45) is 0 Å². The second-order valence-corrected chi connectivity index (χ2v) is 6.57. The highest BCUT2D eigenvalue weighted by Crippen LogP contribution is 2.39. The summed E-state index contributed by atoms with van der Waals surface area (Å²) in [6.45, 7) is -0.639. The van der Waals surface area contributed by atoms with Gasteiger partial charge in [-0.3, -0.25) is 0 Å². The lowest BCUT2D eigenvalue weighted by Crippen LogP contribution is -2.06. The number of rotatable bonds is 4. The van der Waals surface area contributed by atoms with Crippen molar-refractivity contribution in [1.29, 1.82) is 10.5 Å². The summed E-state index contributed by atoms with van der Waals surface area (Å²) >= 11 is 0. The Bertz CT molecular complexity index is 1270. The van der Waals surface area contributed by atoms with Gasteiger partial charge in [0.15, 0.2) is 0 Å². The van der Waals surface area contributed by atoms with Gasteiger partial charge in [0.1, 0.15) is 35.1 Å². The molecule has 10 heteroatoms. The molecule has 3 rings (SSSR count). The number of nitrogen functional groups attached to an aromatic ring is 1. The van der Waals surface area contributed by atoms with E-state index in [0.717, 1.165) is 30.3 Å². The second-order valence-electron chi connectivity index (χ2n) is 6.57. The predicted octanol–water partition coefficient (Wildman–Crippen LogP) is 4.40. The number of aliphatic hydroxyl groups is 1. The highest BCUT2D eigenvalue weighted by atomic mass is 19.4. The number of aliphatic hydroxyl groups excluding tert-OH is 1. The lowest BCUT2D eigenvalue weighted by Gasteiger charge is -2.16. The minimum atomic E-state index is -4.57. The van der Waals surface area contributed by atoms with Crippen LogP contribution in [0.15, 0.2) is 36.4 Å². The third kappa shape index (κ3) is 3.92. The van der Waals surface area contributed by atoms with Gasteiger partial charge in [0, 0.05) is 11.1 Å². The van der Waals surface area contributed by atoms with Crippen LogP contribution in [0.5, 0.6) is 5.75 Å². The zero-order valence-corrected chi connectivity index (χ0v) is 16.5. The number of anilines is 1. The van der Waals surface area contributed by atoms with Gasteiger partial charge in [0.2, 0.25) is 0 Å². The number of aromatic nitrogens is 1. The topological polar surface area (TPSA) is 116 Å². The van der Waals surface area contributed by atoms with Crippen LogP contribution in [0.25, 0.3) is 22.4 Å². The number of hydrogen-bond acceptors (Lipinski definition) is 6. The van der Waals surface area contributed by atoms with Crippen molar-refractivity contribution in [3.8, 4) is 40.3 Å². The SMILES string of the molecule is COc1cc(-c2nc(N)c(C#N)c(-c3ccc(C(F)(F)F)cc3)c2C#N)cc(F)c1CO. The van der Waals surface area contributed by atoms with E-state index in [1.54, 1.807) is 0 Å². The zero-order valence-electron chi connectivity index (χ0n) is 16.5. The Balaban J connectivity index is 2.33. The first-order valence-electron chi connectivity index (χ1n) is 8.95. The number of pyridine rings is 1. The van der Waals surface area contributed by atoms with Crippen molar-refractivity contribution in [2.75, 3.05) is 12.8 Å². The molecule has 0 unspecified atom stereocenters. The van der Waals surface area contributed by atoms with E-state index in [4.69, 9.17) is 10.5 Å². The fraction of sp³-hybridized carbons (Fsp3) is 0.136. The van der Waals surface area contributed by atoms with E-state index >= 15 is 0 Å². The van der Waals surface area contributed by atoms with E-state index in [0.29, 0.717) is 0 Å². The number of nitrogens with zero attached hydrogens (tertiary/aromatic N) is 3. The van der Waals surface area contributed by atoms with Gasteiger partial charge in [0.25, 0.3) is 0 Å². The monoisotopic (exact) mass is 442 g/mol. The lowest BCUT2D eigenvalue weighted by atomic mass is 9.91. The number of benzene rings is 2. The molecule has 0 bridgehead atoms. The Labute approximate surface area is 179 Å². The fourth-order valence-corrected chi connectivity index (χ4v) is 3.23. The van der Waals surface area contributed by atoms with Crippen LogP contribution in [0.2, 0.25) is 0 Å². The highest BCUT2D eigenvalue weighted by molar-refractivity contribution is 5.87. The first kappa shape index (κ1) is 22.5. The van der Waals surface area contributed by atoms with Gasteiger partial charge in [-0.05, 0) is 29.8 Å². The third-order valence-electron chi connectivity index (χ3n) is 4.76. The molecule has 3 N–H and O–H groups in total. The van der Waals surface area contributed by atoms with Crippen LogP contribution in [0.1, 0.15) is 22.3 Å². The van der Waals surface area contributed by atoms with E-state index in [1.807, 2.05) is 12.1 Å². The average molecular weight is 442 g/mol. The van der Waals surface area contributed by atoms with Crippen LogP contribution in [0, 0.1) is 28.5 Å². The number of halogens is 4. The maximum atomic E-state index is 14.5. The molecule has 0 atom stereocenters. The summed E-state index contributed by atoms with van der Waals surface area (Å²) in [4.78, 5) is 4.07. The van der Waals surface area contributed by atoms with Gasteiger partial charge in [-0.15, -0.1) is 0 Å². The van der Waals surface area contributed by atoms with Gasteiger partial charge in [0.05, 0.1) is 36.1 Å². The van der Waals surface area contributed by atoms with Crippen molar-refractivity contribution >= 4 is 5.82 Å². The van der Waals surface area contributed by atoms with Crippen LogP contribution < -0.4 is 10.5 Å². The Morgan fingerprint density at radius 3 is 2.19 bits per heavy atom. The molecule has 0 aliphatic heterocycles. The van der Waals surface area contributed by atoms with Crippen molar-refractivity contribution in [3.05, 3.63) is 64.5 Å². The van der Waals surface area contributed by atoms with Crippen LogP contribution >= 0.6 is 0 Å². The summed E-state index contributed by atoms with van der Waals surface area (Å²) in [5, 5.41) is 28.7. The normalized spacial score (nSPS) is 11.0. The van der Waals surface area contributed by atoms with Gasteiger partial charge in [-0.25, -0.2) is 9.37 Å². The smallest absolute Gasteiger partial charge is 0.416 e. The van der Waals surface area contributed by atoms with Crippen LogP contribution in [0.4, 0.5) is 23.4 Å². The molecular weight excluding hydrogens is 428 g/mol. The molecule has 0 spiro atoms. The number of methoxy groups -OCH3 is 1. The van der Waals surface area contributed by atoms with Crippen molar-refractivity contribution in [1.82, 2.24) is 4.98 Å². The maximum Gasteiger partial charge on any atom is 0.416 e. The number of alkyl halides is 3. The standard InChI is InChI=1S/C22H14F4N4O2/c1-32-18-7-12(6-17(23)16(18)10-31)20-14(8-27)19(15(9-28)21(29)30-20)11-2-4-13(5-3-11)22(24,25)26/h2-7,31H,10H2,1H3,(H2,29,30). The van der Waals surface area contributed by atoms with Crippen molar-refractivity contribution in [3.63, 3.8) is 0 Å². The van der Waals surface area contributed by atoms with Gasteiger partial charge in [-0.1, -0.05) is 12.1 Å². The van der Waals surface area contributed by atoms with Gasteiger partial charge < -0.3 is 15.6 Å². The maximum absolute atomic E-state index is 14.5. The summed E-state index contributed by atoms with van der Waals surface area (Å²) in [5.41, 5.74) is 4.56. The molecule has 162 valence electrons. The fourth-order valence-electron chi connectivity index (χ4n) is 3.23. The number of hydrogen-bond donors (Lipinski definition) is 2. The van der Waals surface area contributed by atoms with Crippen LogP contribution in [-0.2, 0) is 12.8 Å². The summed E-state index contributed by atoms with van der Waals surface area (Å²) in [5.74, 6) is -1.12. The molecule has 2 aromatic carbocycles. The van der Waals surface area contributed by atoms with E-state index in [-0.39, 0.29) is 50.6 Å². The molecule has 3 aromatic rings. The zero-order chi connectivity index (χ0) is 23.6. The Morgan fingerprint density at radius 2 is 1.69 bits per heavy atom. The van der Waals surface area contributed by atoms with Crippen molar-refractivity contribution in [2.45, 2.75) is 12.8 Å². The molecule has 0 saturated carbocycles. The average Bonchev–Trinajstić information content (AvgIpc) is 2.77. The largest absolute Gasteiger partial charge is 0.496 e.